The highest BCUT2D eigenvalue weighted by Crippen LogP contribution is 2.16. The van der Waals surface area contributed by atoms with Gasteiger partial charge in [-0.05, 0) is 65.0 Å². The molecular weight excluding hydrogens is 326 g/mol. The van der Waals surface area contributed by atoms with E-state index in [0.29, 0.717) is 24.5 Å². The molecule has 0 heterocycles. The summed E-state index contributed by atoms with van der Waals surface area (Å²) in [6, 6.07) is 7.52. The summed E-state index contributed by atoms with van der Waals surface area (Å²) in [5.74, 6) is -0.517. The first kappa shape index (κ1) is 20.5. The molecule has 0 spiro atoms. The van der Waals surface area contributed by atoms with E-state index in [0.717, 1.165) is 18.5 Å². The summed E-state index contributed by atoms with van der Waals surface area (Å²) in [6.45, 7) is 5.21. The average molecular weight is 354 g/mol. The van der Waals surface area contributed by atoms with Gasteiger partial charge in [0.15, 0.2) is 0 Å². The first-order valence-electron chi connectivity index (χ1n) is 8.19. The Bertz CT molecular complexity index is 559. The quantitative estimate of drug-likeness (QED) is 0.528. The maximum Gasteiger partial charge on any atom is 0.235 e. The Morgan fingerprint density at radius 3 is 2.33 bits per heavy atom. The Kier molecular flexibility index (Phi) is 8.22. The molecule has 1 rings (SSSR count). The van der Waals surface area contributed by atoms with E-state index in [-0.39, 0.29) is 11.8 Å². The molecule has 0 aliphatic heterocycles. The number of amides is 2. The summed E-state index contributed by atoms with van der Waals surface area (Å²) in [6.07, 6.45) is 1.53. The van der Waals surface area contributed by atoms with Gasteiger partial charge in [-0.3, -0.25) is 9.59 Å². The second kappa shape index (κ2) is 9.64. The van der Waals surface area contributed by atoms with Crippen LogP contribution in [0, 0.1) is 5.41 Å². The molecule has 0 atom stereocenters. The van der Waals surface area contributed by atoms with Crippen LogP contribution in [0.15, 0.2) is 24.3 Å². The monoisotopic (exact) mass is 353 g/mol. The van der Waals surface area contributed by atoms with Gasteiger partial charge < -0.3 is 15.5 Å². The zero-order valence-electron chi connectivity index (χ0n) is 15.0. The molecule has 0 aliphatic carbocycles. The van der Waals surface area contributed by atoms with E-state index >= 15 is 0 Å². The fourth-order valence-electron chi connectivity index (χ4n) is 2.16. The molecule has 24 heavy (non-hydrogen) atoms. The van der Waals surface area contributed by atoms with Crippen LogP contribution in [0.5, 0.6) is 0 Å². The smallest absolute Gasteiger partial charge is 0.235 e. The molecule has 0 aliphatic rings. The van der Waals surface area contributed by atoms with Crippen LogP contribution in [0.25, 0.3) is 0 Å². The molecule has 0 radical (unpaired) electrons. The molecule has 6 heteroatoms. The fraction of sp³-hybridized carbons (Fsp3) is 0.556. The number of nitrogens with one attached hydrogen (secondary N) is 2. The third kappa shape index (κ3) is 6.89. The summed E-state index contributed by atoms with van der Waals surface area (Å²) >= 11 is 5.94. The Morgan fingerprint density at radius 1 is 1.12 bits per heavy atom. The minimum absolute atomic E-state index is 0.249. The minimum Gasteiger partial charge on any atom is -0.355 e. The van der Waals surface area contributed by atoms with Gasteiger partial charge in [-0.15, -0.1) is 0 Å². The maximum atomic E-state index is 12.3. The molecule has 5 nitrogen and oxygen atoms in total. The van der Waals surface area contributed by atoms with Gasteiger partial charge in [0.05, 0.1) is 0 Å². The van der Waals surface area contributed by atoms with Gasteiger partial charge in [-0.2, -0.15) is 0 Å². The average Bonchev–Trinajstić information content (AvgIpc) is 2.51. The number of hydrogen-bond acceptors (Lipinski definition) is 3. The molecule has 0 saturated heterocycles. The topological polar surface area (TPSA) is 61.4 Å². The molecule has 2 N–H and O–H groups in total. The van der Waals surface area contributed by atoms with E-state index in [4.69, 9.17) is 11.6 Å². The fourth-order valence-corrected chi connectivity index (χ4v) is 2.37. The number of benzene rings is 1. The summed E-state index contributed by atoms with van der Waals surface area (Å²) in [5.41, 5.74) is -0.0411. The highest BCUT2D eigenvalue weighted by Gasteiger charge is 2.35. The predicted molar refractivity (Wildman–Crippen MR) is 98.1 cm³/mol. The van der Waals surface area contributed by atoms with Crippen LogP contribution >= 0.6 is 11.6 Å². The number of hydrogen-bond donors (Lipinski definition) is 2. The van der Waals surface area contributed by atoms with Gasteiger partial charge in [-0.25, -0.2) is 0 Å². The lowest BCUT2D eigenvalue weighted by Gasteiger charge is -2.23. The predicted octanol–water partition coefficient (Wildman–Crippen LogP) is 2.09. The van der Waals surface area contributed by atoms with E-state index in [1.165, 1.54) is 0 Å². The van der Waals surface area contributed by atoms with Crippen molar-refractivity contribution < 1.29 is 9.59 Å². The van der Waals surface area contributed by atoms with Crippen LogP contribution < -0.4 is 10.6 Å². The van der Waals surface area contributed by atoms with Crippen molar-refractivity contribution in [2.24, 2.45) is 5.41 Å². The van der Waals surface area contributed by atoms with Gasteiger partial charge in [0.1, 0.15) is 5.41 Å². The first-order chi connectivity index (χ1) is 11.2. The second-order valence-corrected chi connectivity index (χ2v) is 7.11. The second-order valence-electron chi connectivity index (χ2n) is 6.67. The highest BCUT2D eigenvalue weighted by atomic mass is 35.5. The van der Waals surface area contributed by atoms with Crippen molar-refractivity contribution in [2.75, 3.05) is 33.7 Å². The van der Waals surface area contributed by atoms with E-state index in [1.807, 2.05) is 38.4 Å². The zero-order valence-corrected chi connectivity index (χ0v) is 15.7. The van der Waals surface area contributed by atoms with Crippen LogP contribution in [-0.2, 0) is 16.0 Å². The molecular formula is C18H28ClN3O2. The van der Waals surface area contributed by atoms with Gasteiger partial charge in [0.2, 0.25) is 11.8 Å². The van der Waals surface area contributed by atoms with Crippen molar-refractivity contribution in [2.45, 2.75) is 26.7 Å². The highest BCUT2D eigenvalue weighted by molar-refractivity contribution is 6.30. The number of carbonyl (C=O) groups is 2. The van der Waals surface area contributed by atoms with E-state index < -0.39 is 5.41 Å². The Hall–Kier alpha value is -1.59. The third-order valence-corrected chi connectivity index (χ3v) is 4.03. The number of halogens is 1. The van der Waals surface area contributed by atoms with Gasteiger partial charge in [-0.1, -0.05) is 23.7 Å². The van der Waals surface area contributed by atoms with Crippen LogP contribution in [0.3, 0.4) is 0 Å². The molecule has 1 aromatic carbocycles. The van der Waals surface area contributed by atoms with Gasteiger partial charge in [0.25, 0.3) is 0 Å². The first-order valence-corrected chi connectivity index (χ1v) is 8.57. The molecule has 0 saturated carbocycles. The molecule has 2 amide bonds. The van der Waals surface area contributed by atoms with Crippen molar-refractivity contribution in [3.05, 3.63) is 34.9 Å². The van der Waals surface area contributed by atoms with Crippen molar-refractivity contribution in [1.82, 2.24) is 15.5 Å². The molecule has 1 aromatic rings. The standard InChI is InChI=1S/C18H28ClN3O2/c1-18(2,16(23)20-10-6-12-22(3)4)17(24)21-11-9-14-7-5-8-15(19)13-14/h5,7-8,13H,6,9-12H2,1-4H3,(H,20,23)(H,21,24). The lowest BCUT2D eigenvalue weighted by Crippen LogP contribution is -2.48. The lowest BCUT2D eigenvalue weighted by atomic mass is 9.91. The van der Waals surface area contributed by atoms with Crippen LogP contribution in [0.2, 0.25) is 5.02 Å². The minimum atomic E-state index is -1.09. The van der Waals surface area contributed by atoms with Crippen molar-refractivity contribution in [1.29, 1.82) is 0 Å². The lowest BCUT2D eigenvalue weighted by molar-refractivity contribution is -0.141. The van der Waals surface area contributed by atoms with Crippen LogP contribution in [0.4, 0.5) is 0 Å². The Balaban J connectivity index is 2.39. The largest absolute Gasteiger partial charge is 0.355 e. The molecule has 0 bridgehead atoms. The normalized spacial score (nSPS) is 11.4. The third-order valence-electron chi connectivity index (χ3n) is 3.79. The maximum absolute atomic E-state index is 12.3. The molecule has 0 aromatic heterocycles. The number of rotatable bonds is 9. The Labute approximate surface area is 149 Å². The van der Waals surface area contributed by atoms with Crippen LogP contribution in [-0.4, -0.2) is 50.4 Å². The van der Waals surface area contributed by atoms with E-state index in [1.54, 1.807) is 13.8 Å². The Morgan fingerprint density at radius 2 is 1.75 bits per heavy atom. The number of carbonyl (C=O) groups excluding carboxylic acids is 2. The van der Waals surface area contributed by atoms with Crippen LogP contribution in [0.1, 0.15) is 25.8 Å². The van der Waals surface area contributed by atoms with E-state index in [2.05, 4.69) is 15.5 Å². The molecule has 134 valence electrons. The summed E-state index contributed by atoms with van der Waals surface area (Å²) in [5, 5.41) is 6.34. The van der Waals surface area contributed by atoms with Gasteiger partial charge >= 0.3 is 0 Å². The molecule has 0 unspecified atom stereocenters. The summed E-state index contributed by atoms with van der Waals surface area (Å²) in [7, 11) is 3.97. The SMILES string of the molecule is CN(C)CCCNC(=O)C(C)(C)C(=O)NCCc1cccc(Cl)c1. The van der Waals surface area contributed by atoms with Crippen molar-refractivity contribution in [3.63, 3.8) is 0 Å². The van der Waals surface area contributed by atoms with Gasteiger partial charge in [0, 0.05) is 18.1 Å². The summed E-state index contributed by atoms with van der Waals surface area (Å²) in [4.78, 5) is 26.6. The van der Waals surface area contributed by atoms with E-state index in [9.17, 15) is 9.59 Å². The van der Waals surface area contributed by atoms with Crippen molar-refractivity contribution >= 4 is 23.4 Å². The molecule has 0 fully saturated rings. The zero-order chi connectivity index (χ0) is 18.2. The number of nitrogens with zero attached hydrogens (tertiary/aromatic N) is 1. The van der Waals surface area contributed by atoms with Crippen molar-refractivity contribution in [3.8, 4) is 0 Å². The summed E-state index contributed by atoms with van der Waals surface area (Å²) < 4.78 is 0.